The fraction of sp³-hybridized carbons (Fsp3) is 0.167. The molecule has 3 aromatic rings. The number of fused-ring (bicyclic) bond motifs is 1. The highest BCUT2D eigenvalue weighted by atomic mass is 79.9. The quantitative estimate of drug-likeness (QED) is 0.616. The van der Waals surface area contributed by atoms with Crippen molar-refractivity contribution in [2.45, 2.75) is 6.54 Å². The molecule has 0 amide bonds. The normalized spacial score (nSPS) is 11.1. The molecule has 0 aromatic carbocycles. The summed E-state index contributed by atoms with van der Waals surface area (Å²) in [5, 5.41) is 5.48. The Morgan fingerprint density at radius 2 is 2.21 bits per heavy atom. The first kappa shape index (κ1) is 13.3. The van der Waals surface area contributed by atoms with Crippen LogP contribution in [0.1, 0.15) is 5.56 Å². The number of aromatic nitrogens is 2. The summed E-state index contributed by atoms with van der Waals surface area (Å²) in [5.74, 6) is 0.874. The van der Waals surface area contributed by atoms with E-state index in [-0.39, 0.29) is 0 Å². The van der Waals surface area contributed by atoms with Crippen LogP contribution in [0.5, 0.6) is 0 Å². The number of thiophene rings is 2. The SMILES string of the molecule is CN(Cc1csc(Br)c1)c1nc(Cl)nc2sccc12. The zero-order chi connectivity index (χ0) is 13.4. The van der Waals surface area contributed by atoms with Gasteiger partial charge in [-0.05, 0) is 56.0 Å². The van der Waals surface area contributed by atoms with E-state index in [9.17, 15) is 0 Å². The van der Waals surface area contributed by atoms with Crippen molar-refractivity contribution in [1.29, 1.82) is 0 Å². The third-order valence-electron chi connectivity index (χ3n) is 2.68. The number of hydrogen-bond donors (Lipinski definition) is 0. The second-order valence-corrected chi connectivity index (χ2v) is 7.59. The van der Waals surface area contributed by atoms with Crippen LogP contribution >= 0.6 is 50.2 Å². The van der Waals surface area contributed by atoms with E-state index >= 15 is 0 Å². The van der Waals surface area contributed by atoms with Gasteiger partial charge in [0, 0.05) is 13.6 Å². The molecular weight excluding hydrogens is 366 g/mol. The summed E-state index contributed by atoms with van der Waals surface area (Å²) >= 11 is 12.7. The Morgan fingerprint density at radius 3 is 2.95 bits per heavy atom. The van der Waals surface area contributed by atoms with E-state index < -0.39 is 0 Å². The Kier molecular flexibility index (Phi) is 3.75. The van der Waals surface area contributed by atoms with Crippen LogP contribution in [0.4, 0.5) is 5.82 Å². The third kappa shape index (κ3) is 2.76. The molecule has 0 saturated carbocycles. The van der Waals surface area contributed by atoms with Gasteiger partial charge in [0.2, 0.25) is 5.28 Å². The van der Waals surface area contributed by atoms with E-state index in [1.165, 1.54) is 5.56 Å². The predicted molar refractivity (Wildman–Crippen MR) is 86.6 cm³/mol. The van der Waals surface area contributed by atoms with Crippen LogP contribution in [-0.4, -0.2) is 17.0 Å². The number of rotatable bonds is 3. The minimum atomic E-state index is 0.295. The molecule has 19 heavy (non-hydrogen) atoms. The molecule has 0 atom stereocenters. The van der Waals surface area contributed by atoms with Crippen molar-refractivity contribution < 1.29 is 0 Å². The number of anilines is 1. The van der Waals surface area contributed by atoms with Crippen molar-refractivity contribution in [3.05, 3.63) is 37.5 Å². The lowest BCUT2D eigenvalue weighted by molar-refractivity contribution is 0.904. The zero-order valence-corrected chi connectivity index (χ0v) is 13.9. The van der Waals surface area contributed by atoms with E-state index in [4.69, 9.17) is 11.6 Å². The molecule has 0 radical (unpaired) electrons. The molecule has 0 saturated heterocycles. The van der Waals surface area contributed by atoms with Gasteiger partial charge < -0.3 is 4.90 Å². The first-order chi connectivity index (χ1) is 9.13. The summed E-state index contributed by atoms with van der Waals surface area (Å²) < 4.78 is 1.14. The summed E-state index contributed by atoms with van der Waals surface area (Å²) in [6.45, 7) is 0.792. The van der Waals surface area contributed by atoms with Gasteiger partial charge in [0.05, 0.1) is 9.17 Å². The van der Waals surface area contributed by atoms with Crippen LogP contribution in [0.15, 0.2) is 26.7 Å². The van der Waals surface area contributed by atoms with Crippen LogP contribution in [0, 0.1) is 0 Å². The minimum absolute atomic E-state index is 0.295. The lowest BCUT2D eigenvalue weighted by Gasteiger charge is -2.18. The molecule has 3 heterocycles. The Balaban J connectivity index is 1.96. The highest BCUT2D eigenvalue weighted by molar-refractivity contribution is 9.11. The maximum absolute atomic E-state index is 5.98. The summed E-state index contributed by atoms with van der Waals surface area (Å²) in [5.41, 5.74) is 1.25. The zero-order valence-electron chi connectivity index (χ0n) is 9.93. The van der Waals surface area contributed by atoms with Gasteiger partial charge in [0.15, 0.2) is 0 Å². The lowest BCUT2D eigenvalue weighted by Crippen LogP contribution is -2.17. The van der Waals surface area contributed by atoms with Crippen molar-refractivity contribution in [1.82, 2.24) is 9.97 Å². The Labute approximate surface area is 132 Å². The molecule has 0 aliphatic carbocycles. The van der Waals surface area contributed by atoms with Crippen LogP contribution in [0.2, 0.25) is 5.28 Å². The minimum Gasteiger partial charge on any atom is -0.355 e. The second-order valence-electron chi connectivity index (χ2n) is 4.07. The van der Waals surface area contributed by atoms with Crippen LogP contribution < -0.4 is 4.90 Å². The molecule has 0 aliphatic rings. The number of hydrogen-bond acceptors (Lipinski definition) is 5. The fourth-order valence-electron chi connectivity index (χ4n) is 1.88. The topological polar surface area (TPSA) is 29.0 Å². The molecule has 0 fully saturated rings. The average molecular weight is 375 g/mol. The van der Waals surface area contributed by atoms with Gasteiger partial charge in [-0.15, -0.1) is 22.7 Å². The summed E-state index contributed by atoms with van der Waals surface area (Å²) in [7, 11) is 2.02. The summed E-state index contributed by atoms with van der Waals surface area (Å²) in [6, 6.07) is 4.15. The largest absolute Gasteiger partial charge is 0.355 e. The van der Waals surface area contributed by atoms with Crippen molar-refractivity contribution >= 4 is 66.2 Å². The van der Waals surface area contributed by atoms with E-state index in [1.807, 2.05) is 18.5 Å². The predicted octanol–water partition coefficient (Wildman–Crippen LogP) is 4.81. The molecule has 7 heteroatoms. The standard InChI is InChI=1S/C12H9BrClN3S2/c1-17(5-7-4-9(13)19-6-7)10-8-2-3-18-11(8)16-12(14)15-10/h2-4,6H,5H2,1H3. The third-order valence-corrected chi connectivity index (χ3v) is 5.21. The molecule has 3 nitrogen and oxygen atoms in total. The second kappa shape index (κ2) is 5.36. The number of halogens is 2. The van der Waals surface area contributed by atoms with Crippen molar-refractivity contribution in [2.75, 3.05) is 11.9 Å². The average Bonchev–Trinajstić information content (AvgIpc) is 2.96. The lowest BCUT2D eigenvalue weighted by atomic mass is 10.3. The fourth-order valence-corrected chi connectivity index (χ4v) is 4.06. The summed E-state index contributed by atoms with van der Waals surface area (Å²) in [6.07, 6.45) is 0. The van der Waals surface area contributed by atoms with Crippen LogP contribution in [0.25, 0.3) is 10.2 Å². The maximum Gasteiger partial charge on any atom is 0.225 e. The molecule has 0 unspecified atom stereocenters. The molecule has 0 aliphatic heterocycles. The van der Waals surface area contributed by atoms with Gasteiger partial charge in [-0.25, -0.2) is 4.98 Å². The van der Waals surface area contributed by atoms with Crippen molar-refractivity contribution in [3.63, 3.8) is 0 Å². The molecule has 3 aromatic heterocycles. The maximum atomic E-state index is 5.98. The molecule has 3 rings (SSSR count). The molecule has 0 bridgehead atoms. The number of nitrogens with zero attached hydrogens (tertiary/aromatic N) is 3. The van der Waals surface area contributed by atoms with Gasteiger partial charge in [0.25, 0.3) is 0 Å². The summed E-state index contributed by atoms with van der Waals surface area (Å²) in [4.78, 5) is 11.6. The molecule has 0 spiro atoms. The van der Waals surface area contributed by atoms with Gasteiger partial charge >= 0.3 is 0 Å². The van der Waals surface area contributed by atoms with Crippen molar-refractivity contribution in [2.24, 2.45) is 0 Å². The molecule has 0 N–H and O–H groups in total. The Morgan fingerprint density at radius 1 is 1.37 bits per heavy atom. The van der Waals surface area contributed by atoms with Gasteiger partial charge in [-0.1, -0.05) is 0 Å². The first-order valence-corrected chi connectivity index (χ1v) is 8.41. The van der Waals surface area contributed by atoms with Gasteiger partial charge in [0.1, 0.15) is 10.6 Å². The first-order valence-electron chi connectivity index (χ1n) is 5.48. The van der Waals surface area contributed by atoms with Crippen molar-refractivity contribution in [3.8, 4) is 0 Å². The molecular formula is C12H9BrClN3S2. The molecule has 98 valence electrons. The van der Waals surface area contributed by atoms with Gasteiger partial charge in [-0.2, -0.15) is 4.98 Å². The Bertz CT molecular complexity index is 725. The highest BCUT2D eigenvalue weighted by Gasteiger charge is 2.12. The Hall–Kier alpha value is -0.690. The monoisotopic (exact) mass is 373 g/mol. The van der Waals surface area contributed by atoms with Gasteiger partial charge in [-0.3, -0.25) is 0 Å². The smallest absolute Gasteiger partial charge is 0.225 e. The van der Waals surface area contributed by atoms with E-state index in [1.54, 1.807) is 22.7 Å². The van der Waals surface area contributed by atoms with E-state index in [2.05, 4.69) is 42.2 Å². The van der Waals surface area contributed by atoms with Crippen LogP contribution in [0.3, 0.4) is 0 Å². The highest BCUT2D eigenvalue weighted by Crippen LogP contribution is 2.30. The van der Waals surface area contributed by atoms with E-state index in [0.717, 1.165) is 26.4 Å². The van der Waals surface area contributed by atoms with E-state index in [0.29, 0.717) is 5.28 Å². The van der Waals surface area contributed by atoms with Crippen LogP contribution in [-0.2, 0) is 6.54 Å².